The summed E-state index contributed by atoms with van der Waals surface area (Å²) in [5.74, 6) is -1.15. The molecule has 0 unspecified atom stereocenters. The van der Waals surface area contributed by atoms with Crippen LogP contribution in [0.2, 0.25) is 0 Å². The van der Waals surface area contributed by atoms with Gasteiger partial charge in [0.2, 0.25) is 17.4 Å². The minimum atomic E-state index is -0.935. The van der Waals surface area contributed by atoms with E-state index in [0.717, 1.165) is 11.5 Å². The van der Waals surface area contributed by atoms with Crippen molar-refractivity contribution in [2.75, 3.05) is 5.32 Å². The van der Waals surface area contributed by atoms with Gasteiger partial charge in [0.15, 0.2) is 0 Å². The molecule has 1 N–H and O–H groups in total. The molecule has 0 bridgehead atoms. The van der Waals surface area contributed by atoms with Crippen LogP contribution in [0, 0.1) is 0 Å². The second-order valence-electron chi connectivity index (χ2n) is 1.82. The molecule has 0 aliphatic rings. The lowest BCUT2D eigenvalue weighted by atomic mass is 10.4. The maximum Gasteiger partial charge on any atom is 0.277 e. The summed E-state index contributed by atoms with van der Waals surface area (Å²) in [7, 11) is 0. The van der Waals surface area contributed by atoms with Crippen LogP contribution in [-0.4, -0.2) is 26.7 Å². The van der Waals surface area contributed by atoms with Crippen LogP contribution in [0.15, 0.2) is 0 Å². The van der Waals surface area contributed by atoms with Gasteiger partial charge >= 0.3 is 0 Å². The molecule has 0 aliphatic carbocycles. The second-order valence-corrected chi connectivity index (χ2v) is 2.98. The monoisotopic (exact) mass is 217 g/mol. The SMILES string of the molecule is O=CNc1nc(C(=O)C(=O)S)ns1. The third-order valence-corrected chi connectivity index (χ3v) is 1.86. The number of thiol groups is 1. The molecule has 0 aliphatic heterocycles. The van der Waals surface area contributed by atoms with E-state index >= 15 is 0 Å². The molecular formula is C5H3N3O3S2. The van der Waals surface area contributed by atoms with Crippen LogP contribution in [0.5, 0.6) is 0 Å². The smallest absolute Gasteiger partial charge is 0.277 e. The number of rotatable bonds is 4. The third kappa shape index (κ3) is 2.33. The van der Waals surface area contributed by atoms with Crippen molar-refractivity contribution in [2.45, 2.75) is 0 Å². The standard InChI is InChI=1S/C5H3N3O3S2/c9-1-6-5-7-3(8-13-5)2(10)4(11)12/h1H,(H,11,12)(H,6,7,8,9). The summed E-state index contributed by atoms with van der Waals surface area (Å²) in [5.41, 5.74) is 0. The second kappa shape index (κ2) is 4.10. The topological polar surface area (TPSA) is 89.0 Å². The first-order chi connectivity index (χ1) is 6.15. The molecule has 1 rings (SSSR count). The fourth-order valence-electron chi connectivity index (χ4n) is 0.520. The van der Waals surface area contributed by atoms with E-state index in [2.05, 4.69) is 27.3 Å². The molecule has 0 aromatic carbocycles. The first-order valence-corrected chi connectivity index (χ1v) is 4.18. The van der Waals surface area contributed by atoms with Gasteiger partial charge in [0.25, 0.3) is 10.9 Å². The van der Waals surface area contributed by atoms with Gasteiger partial charge < -0.3 is 5.32 Å². The fourth-order valence-corrected chi connectivity index (χ4v) is 1.15. The van der Waals surface area contributed by atoms with E-state index in [1.165, 1.54) is 0 Å². The highest BCUT2D eigenvalue weighted by Crippen LogP contribution is 2.10. The van der Waals surface area contributed by atoms with Gasteiger partial charge in [0.1, 0.15) is 0 Å². The van der Waals surface area contributed by atoms with Gasteiger partial charge in [-0.25, -0.2) is 0 Å². The van der Waals surface area contributed by atoms with Crippen molar-refractivity contribution in [2.24, 2.45) is 0 Å². The van der Waals surface area contributed by atoms with Gasteiger partial charge in [0, 0.05) is 11.5 Å². The van der Waals surface area contributed by atoms with Gasteiger partial charge in [-0.15, -0.1) is 0 Å². The summed E-state index contributed by atoms with van der Waals surface area (Å²) in [6.07, 6.45) is 0.400. The quantitative estimate of drug-likeness (QED) is 0.314. The van der Waals surface area contributed by atoms with Crippen molar-refractivity contribution in [3.8, 4) is 0 Å². The van der Waals surface area contributed by atoms with Crippen molar-refractivity contribution in [1.29, 1.82) is 0 Å². The molecule has 6 nitrogen and oxygen atoms in total. The fraction of sp³-hybridized carbons (Fsp3) is 0. The first-order valence-electron chi connectivity index (χ1n) is 2.96. The predicted octanol–water partition coefficient (Wildman–Crippen LogP) is -0.255. The number of amides is 1. The molecule has 0 saturated heterocycles. The molecule has 68 valence electrons. The van der Waals surface area contributed by atoms with Gasteiger partial charge in [-0.05, 0) is 0 Å². The number of hydrogen-bond donors (Lipinski definition) is 2. The van der Waals surface area contributed by atoms with Crippen LogP contribution in [0.4, 0.5) is 5.13 Å². The Bertz CT molecular complexity index is 362. The zero-order chi connectivity index (χ0) is 9.84. The highest BCUT2D eigenvalue weighted by molar-refractivity contribution is 7.99. The van der Waals surface area contributed by atoms with Crippen molar-refractivity contribution >= 4 is 46.6 Å². The molecule has 8 heteroatoms. The van der Waals surface area contributed by atoms with Crippen LogP contribution in [-0.2, 0) is 9.59 Å². The Kier molecular flexibility index (Phi) is 3.09. The Hall–Kier alpha value is -1.28. The molecule has 0 spiro atoms. The number of aromatic nitrogens is 2. The Morgan fingerprint density at radius 2 is 2.23 bits per heavy atom. The average Bonchev–Trinajstić information content (AvgIpc) is 2.52. The third-order valence-electron chi connectivity index (χ3n) is 1.01. The molecule has 0 saturated carbocycles. The van der Waals surface area contributed by atoms with E-state index in [9.17, 15) is 14.4 Å². The van der Waals surface area contributed by atoms with Gasteiger partial charge in [0.05, 0.1) is 0 Å². The Balaban J connectivity index is 2.85. The molecule has 1 aromatic rings. The summed E-state index contributed by atoms with van der Waals surface area (Å²) in [5, 5.41) is 1.42. The lowest BCUT2D eigenvalue weighted by Gasteiger charge is -1.85. The molecule has 1 aromatic heterocycles. The molecular weight excluding hydrogens is 214 g/mol. The van der Waals surface area contributed by atoms with E-state index in [1.54, 1.807) is 0 Å². The number of ketones is 1. The highest BCUT2D eigenvalue weighted by atomic mass is 32.1. The molecule has 13 heavy (non-hydrogen) atoms. The van der Waals surface area contributed by atoms with Crippen molar-refractivity contribution in [3.63, 3.8) is 0 Å². The van der Waals surface area contributed by atoms with Crippen molar-refractivity contribution in [3.05, 3.63) is 5.82 Å². The number of carbonyl (C=O) groups excluding carboxylic acids is 3. The highest BCUT2D eigenvalue weighted by Gasteiger charge is 2.17. The summed E-state index contributed by atoms with van der Waals surface area (Å²) < 4.78 is 3.55. The number of nitrogens with zero attached hydrogens (tertiary/aromatic N) is 2. The molecule has 0 fully saturated rings. The zero-order valence-corrected chi connectivity index (χ0v) is 7.76. The minimum Gasteiger partial charge on any atom is -0.303 e. The number of anilines is 1. The maximum atomic E-state index is 10.9. The van der Waals surface area contributed by atoms with Gasteiger partial charge in [-0.1, -0.05) is 12.6 Å². The summed E-state index contributed by atoms with van der Waals surface area (Å²) >= 11 is 4.12. The number of hydrogen-bond acceptors (Lipinski definition) is 6. The molecule has 0 atom stereocenters. The largest absolute Gasteiger partial charge is 0.303 e. The van der Waals surface area contributed by atoms with Gasteiger partial charge in [-0.2, -0.15) is 9.36 Å². The van der Waals surface area contributed by atoms with Crippen LogP contribution < -0.4 is 5.32 Å². The Morgan fingerprint density at radius 3 is 2.77 bits per heavy atom. The Morgan fingerprint density at radius 1 is 1.54 bits per heavy atom. The van der Waals surface area contributed by atoms with E-state index in [-0.39, 0.29) is 11.0 Å². The normalized spacial score (nSPS) is 9.31. The summed E-state index contributed by atoms with van der Waals surface area (Å²) in [6, 6.07) is 0. The Labute approximate surface area is 81.9 Å². The number of nitrogens with one attached hydrogen (secondary N) is 1. The lowest BCUT2D eigenvalue weighted by molar-refractivity contribution is -0.107. The van der Waals surface area contributed by atoms with E-state index in [0.29, 0.717) is 6.41 Å². The molecule has 1 amide bonds. The predicted molar refractivity (Wildman–Crippen MR) is 47.9 cm³/mol. The first kappa shape index (κ1) is 9.81. The summed E-state index contributed by atoms with van der Waals surface area (Å²) in [4.78, 5) is 34.9. The van der Waals surface area contributed by atoms with Crippen LogP contribution >= 0.6 is 24.2 Å². The lowest BCUT2D eigenvalue weighted by Crippen LogP contribution is -2.09. The molecule has 0 radical (unpaired) electrons. The van der Waals surface area contributed by atoms with Crippen LogP contribution in [0.25, 0.3) is 0 Å². The average molecular weight is 217 g/mol. The summed E-state index contributed by atoms with van der Waals surface area (Å²) in [6.45, 7) is 0. The van der Waals surface area contributed by atoms with Crippen molar-refractivity contribution < 1.29 is 14.4 Å². The van der Waals surface area contributed by atoms with E-state index < -0.39 is 10.9 Å². The maximum absolute atomic E-state index is 10.9. The zero-order valence-electron chi connectivity index (χ0n) is 6.05. The van der Waals surface area contributed by atoms with Crippen LogP contribution in [0.1, 0.15) is 10.6 Å². The minimum absolute atomic E-state index is 0.160. The van der Waals surface area contributed by atoms with Crippen LogP contribution in [0.3, 0.4) is 0 Å². The molecule has 1 heterocycles. The number of Topliss-reactive ketones (excluding diaryl/α,β-unsaturated/α-hetero) is 1. The van der Waals surface area contributed by atoms with Gasteiger partial charge in [-0.3, -0.25) is 14.4 Å². The number of carbonyl (C=O) groups is 3. The van der Waals surface area contributed by atoms with E-state index in [1.807, 2.05) is 0 Å². The van der Waals surface area contributed by atoms with Crippen molar-refractivity contribution in [1.82, 2.24) is 9.36 Å². The van der Waals surface area contributed by atoms with E-state index in [4.69, 9.17) is 0 Å².